The largest absolute Gasteiger partial charge is 0.485 e. The molecule has 144 valence electrons. The minimum Gasteiger partial charge on any atom is -0.485 e. The Hall–Kier alpha value is -3.29. The Morgan fingerprint density at radius 1 is 1.32 bits per heavy atom. The zero-order valence-corrected chi connectivity index (χ0v) is 15.5. The smallest absolute Gasteiger partial charge is 0.230 e. The van der Waals surface area contributed by atoms with Crippen LogP contribution in [0.2, 0.25) is 0 Å². The lowest BCUT2D eigenvalue weighted by molar-refractivity contribution is -0.131. The lowest BCUT2D eigenvalue weighted by Crippen LogP contribution is -2.37. The van der Waals surface area contributed by atoms with Gasteiger partial charge in [0.2, 0.25) is 5.91 Å². The number of carbonyl (C=O) groups is 1. The van der Waals surface area contributed by atoms with E-state index in [4.69, 9.17) is 14.0 Å². The van der Waals surface area contributed by atoms with E-state index in [-0.39, 0.29) is 18.4 Å². The molecule has 0 fully saturated rings. The highest BCUT2D eigenvalue weighted by Gasteiger charge is 2.32. The van der Waals surface area contributed by atoms with Gasteiger partial charge in [0.05, 0.1) is 12.1 Å². The Morgan fingerprint density at radius 3 is 3.00 bits per heavy atom. The van der Waals surface area contributed by atoms with Crippen LogP contribution in [0.4, 0.5) is 0 Å². The van der Waals surface area contributed by atoms with E-state index in [2.05, 4.69) is 15.4 Å². The van der Waals surface area contributed by atoms with Crippen molar-refractivity contribution in [1.29, 1.82) is 0 Å². The molecule has 0 saturated heterocycles. The highest BCUT2D eigenvalue weighted by molar-refractivity contribution is 5.78. The normalized spacial score (nSPS) is 18.0. The third-order valence-corrected chi connectivity index (χ3v) is 5.13. The fraction of sp³-hybridized carbons (Fsp3) is 0.350. The van der Waals surface area contributed by atoms with Crippen LogP contribution in [0.5, 0.6) is 11.5 Å². The second kappa shape index (κ2) is 6.70. The maximum atomic E-state index is 12.7. The molecule has 8 heteroatoms. The van der Waals surface area contributed by atoms with Gasteiger partial charge in [-0.1, -0.05) is 17.3 Å². The first kappa shape index (κ1) is 16.9. The fourth-order valence-corrected chi connectivity index (χ4v) is 3.71. The van der Waals surface area contributed by atoms with Crippen LogP contribution in [0.1, 0.15) is 34.5 Å². The maximum Gasteiger partial charge on any atom is 0.230 e. The first-order valence-corrected chi connectivity index (χ1v) is 9.32. The predicted octanol–water partition coefficient (Wildman–Crippen LogP) is 2.35. The van der Waals surface area contributed by atoms with E-state index in [0.717, 1.165) is 34.8 Å². The number of amides is 1. The van der Waals surface area contributed by atoms with Crippen LogP contribution >= 0.6 is 0 Å². The molecule has 1 N–H and O–H groups in total. The maximum absolute atomic E-state index is 12.7. The van der Waals surface area contributed by atoms with Gasteiger partial charge in [-0.15, -0.1) is 0 Å². The van der Waals surface area contributed by atoms with Crippen molar-refractivity contribution in [2.24, 2.45) is 0 Å². The molecule has 5 rings (SSSR count). The highest BCUT2D eigenvalue weighted by atomic mass is 16.6. The van der Waals surface area contributed by atoms with Gasteiger partial charge in [-0.3, -0.25) is 9.89 Å². The van der Waals surface area contributed by atoms with Crippen molar-refractivity contribution in [3.8, 4) is 11.5 Å². The number of hydrogen-bond acceptors (Lipinski definition) is 6. The monoisotopic (exact) mass is 380 g/mol. The van der Waals surface area contributed by atoms with Gasteiger partial charge in [-0.25, -0.2) is 0 Å². The van der Waals surface area contributed by atoms with E-state index in [1.54, 1.807) is 6.07 Å². The van der Waals surface area contributed by atoms with Crippen molar-refractivity contribution in [3.05, 3.63) is 58.7 Å². The molecule has 0 unspecified atom stereocenters. The van der Waals surface area contributed by atoms with Crippen molar-refractivity contribution < 1.29 is 18.8 Å². The second-order valence-electron chi connectivity index (χ2n) is 7.11. The van der Waals surface area contributed by atoms with Gasteiger partial charge in [-0.05, 0) is 19.1 Å². The van der Waals surface area contributed by atoms with Gasteiger partial charge in [0.1, 0.15) is 18.1 Å². The minimum absolute atomic E-state index is 0.0140. The fourth-order valence-electron chi connectivity index (χ4n) is 3.71. The van der Waals surface area contributed by atoms with E-state index < -0.39 is 0 Å². The topological polar surface area (TPSA) is 93.5 Å². The van der Waals surface area contributed by atoms with Crippen molar-refractivity contribution >= 4 is 5.91 Å². The summed E-state index contributed by atoms with van der Waals surface area (Å²) in [5, 5.41) is 11.4. The van der Waals surface area contributed by atoms with E-state index in [0.29, 0.717) is 31.2 Å². The zero-order chi connectivity index (χ0) is 19.1. The van der Waals surface area contributed by atoms with Crippen molar-refractivity contribution in [1.82, 2.24) is 20.3 Å². The number of aromatic amines is 1. The first-order chi connectivity index (χ1) is 13.7. The Balaban J connectivity index is 1.34. The van der Waals surface area contributed by atoms with Gasteiger partial charge in [0, 0.05) is 36.8 Å². The van der Waals surface area contributed by atoms with Crippen LogP contribution in [-0.4, -0.2) is 39.3 Å². The SMILES string of the molecule is Cc1cc(CC(=O)N2CCc3[nH]nc([C@H]4COc5ccccc5O4)c3C2)on1. The highest BCUT2D eigenvalue weighted by Crippen LogP contribution is 2.37. The molecule has 8 nitrogen and oxygen atoms in total. The Labute approximate surface area is 161 Å². The van der Waals surface area contributed by atoms with Crippen LogP contribution in [-0.2, 0) is 24.2 Å². The first-order valence-electron chi connectivity index (χ1n) is 9.32. The van der Waals surface area contributed by atoms with E-state index in [9.17, 15) is 4.79 Å². The number of carbonyl (C=O) groups excluding carboxylic acids is 1. The number of rotatable bonds is 3. The summed E-state index contributed by atoms with van der Waals surface area (Å²) in [6.45, 7) is 3.37. The molecule has 2 aromatic heterocycles. The zero-order valence-electron chi connectivity index (χ0n) is 15.5. The molecule has 3 aromatic rings. The molecule has 2 aliphatic heterocycles. The summed E-state index contributed by atoms with van der Waals surface area (Å²) in [5.74, 6) is 2.05. The van der Waals surface area contributed by atoms with Crippen molar-refractivity contribution in [2.75, 3.05) is 13.2 Å². The van der Waals surface area contributed by atoms with E-state index in [1.165, 1.54) is 0 Å². The number of para-hydroxylation sites is 2. The van der Waals surface area contributed by atoms with Gasteiger partial charge < -0.3 is 18.9 Å². The molecule has 0 bridgehead atoms. The Bertz CT molecular complexity index is 1020. The quantitative estimate of drug-likeness (QED) is 0.750. The molecule has 1 aromatic carbocycles. The molecule has 1 amide bonds. The predicted molar refractivity (Wildman–Crippen MR) is 98.0 cm³/mol. The number of H-pyrrole nitrogens is 1. The number of aryl methyl sites for hydroxylation is 1. The van der Waals surface area contributed by atoms with Gasteiger partial charge in [0.15, 0.2) is 17.6 Å². The van der Waals surface area contributed by atoms with Crippen LogP contribution in [0.15, 0.2) is 34.9 Å². The van der Waals surface area contributed by atoms with E-state index >= 15 is 0 Å². The number of aromatic nitrogens is 3. The van der Waals surface area contributed by atoms with Gasteiger partial charge in [-0.2, -0.15) is 5.10 Å². The molecule has 0 radical (unpaired) electrons. The lowest BCUT2D eigenvalue weighted by Gasteiger charge is -2.29. The second-order valence-corrected chi connectivity index (χ2v) is 7.11. The molecule has 0 spiro atoms. The summed E-state index contributed by atoms with van der Waals surface area (Å²) in [6, 6.07) is 9.39. The summed E-state index contributed by atoms with van der Waals surface area (Å²) < 4.78 is 17.1. The number of fused-ring (bicyclic) bond motifs is 2. The molecule has 28 heavy (non-hydrogen) atoms. The Morgan fingerprint density at radius 2 is 2.18 bits per heavy atom. The third kappa shape index (κ3) is 3.00. The Kier molecular flexibility index (Phi) is 4.03. The third-order valence-electron chi connectivity index (χ3n) is 5.13. The molecular weight excluding hydrogens is 360 g/mol. The van der Waals surface area contributed by atoms with Crippen LogP contribution in [0.25, 0.3) is 0 Å². The molecule has 1 atom stereocenters. The molecule has 0 saturated carbocycles. The van der Waals surface area contributed by atoms with Gasteiger partial charge >= 0.3 is 0 Å². The van der Waals surface area contributed by atoms with E-state index in [1.807, 2.05) is 36.1 Å². The summed E-state index contributed by atoms with van der Waals surface area (Å²) in [6.07, 6.45) is 0.634. The molecule has 4 heterocycles. The minimum atomic E-state index is -0.304. The number of nitrogens with zero attached hydrogens (tertiary/aromatic N) is 3. The summed E-state index contributed by atoms with van der Waals surface area (Å²) in [4.78, 5) is 14.5. The standard InChI is InChI=1S/C20H20N4O4/c1-12-8-13(28-23-12)9-19(25)24-7-6-15-14(10-24)20(22-21-15)18-11-26-16-4-2-3-5-17(16)27-18/h2-5,8,18H,6-7,9-11H2,1H3,(H,21,22)/t18-/m1/s1. The van der Waals surface area contributed by atoms with Crippen molar-refractivity contribution in [3.63, 3.8) is 0 Å². The lowest BCUT2D eigenvalue weighted by atomic mass is 10.0. The molecule has 0 aliphatic carbocycles. The number of hydrogen-bond donors (Lipinski definition) is 1. The average molecular weight is 380 g/mol. The number of ether oxygens (including phenoxy) is 2. The van der Waals surface area contributed by atoms with Crippen molar-refractivity contribution in [2.45, 2.75) is 32.4 Å². The summed E-state index contributed by atoms with van der Waals surface area (Å²) in [7, 11) is 0. The van der Waals surface area contributed by atoms with Crippen LogP contribution in [0, 0.1) is 6.92 Å². The molecule has 2 aliphatic rings. The molecular formula is C20H20N4O4. The summed E-state index contributed by atoms with van der Waals surface area (Å²) in [5.41, 5.74) is 3.64. The van der Waals surface area contributed by atoms with Crippen LogP contribution < -0.4 is 9.47 Å². The average Bonchev–Trinajstić information content (AvgIpc) is 3.33. The summed E-state index contributed by atoms with van der Waals surface area (Å²) >= 11 is 0. The van der Waals surface area contributed by atoms with Gasteiger partial charge in [0.25, 0.3) is 0 Å². The number of nitrogens with one attached hydrogen (secondary N) is 1. The van der Waals surface area contributed by atoms with Crippen LogP contribution in [0.3, 0.4) is 0 Å². The number of benzene rings is 1.